The molecule has 0 atom stereocenters. The molecule has 0 aromatic carbocycles. The molecule has 0 fully saturated rings. The summed E-state index contributed by atoms with van der Waals surface area (Å²) >= 11 is 0.581. The van der Waals surface area contributed by atoms with Crippen molar-refractivity contribution in [3.63, 3.8) is 0 Å². The monoisotopic (exact) mass is 244 g/mol. The molecular weight excluding hydrogens is 237 g/mol. The summed E-state index contributed by atoms with van der Waals surface area (Å²) < 4.78 is 37.0. The Kier molecular flexibility index (Phi) is 2.67. The van der Waals surface area contributed by atoms with E-state index in [0.717, 1.165) is 5.69 Å². The van der Waals surface area contributed by atoms with Crippen LogP contribution in [0.15, 0.2) is 23.6 Å². The summed E-state index contributed by atoms with van der Waals surface area (Å²) in [6, 6.07) is 5.16. The van der Waals surface area contributed by atoms with Crippen LogP contribution in [0.25, 0.3) is 11.4 Å². The minimum Gasteiger partial charge on any atom is -0.251 e. The van der Waals surface area contributed by atoms with Gasteiger partial charge in [0.25, 0.3) is 0 Å². The summed E-state index contributed by atoms with van der Waals surface area (Å²) in [4.78, 5) is 7.64. The largest absolute Gasteiger partial charge is 0.443 e. The number of rotatable bonds is 1. The van der Waals surface area contributed by atoms with Gasteiger partial charge < -0.3 is 0 Å². The molecule has 0 aliphatic carbocycles. The van der Waals surface area contributed by atoms with Gasteiger partial charge in [-0.1, -0.05) is 6.07 Å². The number of hydrogen-bond donors (Lipinski definition) is 0. The molecule has 16 heavy (non-hydrogen) atoms. The zero-order chi connectivity index (χ0) is 11.8. The van der Waals surface area contributed by atoms with Crippen molar-refractivity contribution in [3.8, 4) is 11.4 Å². The lowest BCUT2D eigenvalue weighted by molar-refractivity contribution is -0.137. The molecule has 6 heteroatoms. The maximum Gasteiger partial charge on any atom is 0.443 e. The van der Waals surface area contributed by atoms with Gasteiger partial charge in [0.2, 0.25) is 0 Å². The van der Waals surface area contributed by atoms with Crippen LogP contribution in [0, 0.1) is 6.92 Å². The van der Waals surface area contributed by atoms with E-state index in [1.165, 1.54) is 5.38 Å². The van der Waals surface area contributed by atoms with Crippen molar-refractivity contribution >= 4 is 11.3 Å². The van der Waals surface area contributed by atoms with Gasteiger partial charge in [-0.05, 0) is 19.1 Å². The van der Waals surface area contributed by atoms with Crippen LogP contribution >= 0.6 is 11.3 Å². The second-order valence-electron chi connectivity index (χ2n) is 3.20. The molecule has 0 aliphatic heterocycles. The van der Waals surface area contributed by atoms with Crippen molar-refractivity contribution in [2.75, 3.05) is 0 Å². The van der Waals surface area contributed by atoms with Gasteiger partial charge in [0.15, 0.2) is 5.01 Å². The van der Waals surface area contributed by atoms with Crippen molar-refractivity contribution in [2.24, 2.45) is 0 Å². The zero-order valence-corrected chi connectivity index (χ0v) is 9.06. The van der Waals surface area contributed by atoms with Crippen molar-refractivity contribution in [2.45, 2.75) is 13.1 Å². The molecule has 0 saturated heterocycles. The summed E-state index contributed by atoms with van der Waals surface area (Å²) in [6.07, 6.45) is -4.38. The van der Waals surface area contributed by atoms with Gasteiger partial charge in [0.05, 0.1) is 5.69 Å². The Bertz CT molecular complexity index is 505. The Morgan fingerprint density at radius 2 is 1.88 bits per heavy atom. The smallest absolute Gasteiger partial charge is 0.251 e. The van der Waals surface area contributed by atoms with Crippen molar-refractivity contribution in [3.05, 3.63) is 34.3 Å². The van der Waals surface area contributed by atoms with E-state index in [1.807, 2.05) is 0 Å². The Morgan fingerprint density at radius 3 is 2.44 bits per heavy atom. The average molecular weight is 244 g/mol. The number of hydrogen-bond acceptors (Lipinski definition) is 3. The molecule has 2 nitrogen and oxygen atoms in total. The maximum atomic E-state index is 12.3. The number of alkyl halides is 3. The summed E-state index contributed by atoms with van der Waals surface area (Å²) in [6.45, 7) is 1.78. The van der Waals surface area contributed by atoms with Crippen molar-refractivity contribution < 1.29 is 13.2 Å². The van der Waals surface area contributed by atoms with Crippen LogP contribution in [0.1, 0.15) is 10.7 Å². The first kappa shape index (κ1) is 11.1. The van der Waals surface area contributed by atoms with Crippen LogP contribution in [0.2, 0.25) is 0 Å². The summed E-state index contributed by atoms with van der Waals surface area (Å²) in [7, 11) is 0. The van der Waals surface area contributed by atoms with Crippen LogP contribution in [-0.4, -0.2) is 9.97 Å². The third-order valence-electron chi connectivity index (χ3n) is 1.90. The van der Waals surface area contributed by atoms with E-state index in [9.17, 15) is 13.2 Å². The Labute approximate surface area is 93.8 Å². The highest BCUT2D eigenvalue weighted by atomic mass is 32.1. The number of thiazole rings is 1. The maximum absolute atomic E-state index is 12.3. The van der Waals surface area contributed by atoms with Crippen LogP contribution in [-0.2, 0) is 6.18 Å². The van der Waals surface area contributed by atoms with Crippen LogP contribution in [0.3, 0.4) is 0 Å². The number of aryl methyl sites for hydroxylation is 1. The molecule has 0 aliphatic rings. The van der Waals surface area contributed by atoms with Gasteiger partial charge >= 0.3 is 6.18 Å². The van der Waals surface area contributed by atoms with E-state index in [-0.39, 0.29) is 5.69 Å². The Hall–Kier alpha value is -1.43. The van der Waals surface area contributed by atoms with Crippen LogP contribution < -0.4 is 0 Å². The van der Waals surface area contributed by atoms with E-state index < -0.39 is 11.2 Å². The standard InChI is InChI=1S/C10H7F3N2S/c1-6-3-2-4-7(14-6)8-5-16-9(15-8)10(11,12)13/h2-5H,1H3. The molecule has 0 unspecified atom stereocenters. The average Bonchev–Trinajstić information content (AvgIpc) is 2.65. The molecule has 0 N–H and O–H groups in total. The molecule has 0 saturated carbocycles. The molecule has 0 radical (unpaired) electrons. The van der Waals surface area contributed by atoms with E-state index in [2.05, 4.69) is 9.97 Å². The van der Waals surface area contributed by atoms with E-state index >= 15 is 0 Å². The minimum absolute atomic E-state index is 0.265. The first-order chi connectivity index (χ1) is 7.47. The minimum atomic E-state index is -4.38. The first-order valence-corrected chi connectivity index (χ1v) is 5.31. The molecule has 0 bridgehead atoms. The topological polar surface area (TPSA) is 25.8 Å². The highest BCUT2D eigenvalue weighted by Gasteiger charge is 2.34. The predicted molar refractivity (Wildman–Crippen MR) is 55.1 cm³/mol. The second kappa shape index (κ2) is 3.86. The molecule has 2 heterocycles. The third kappa shape index (κ3) is 2.21. The summed E-state index contributed by atoms with van der Waals surface area (Å²) in [5.41, 5.74) is 1.48. The number of pyridine rings is 1. The Morgan fingerprint density at radius 1 is 1.12 bits per heavy atom. The van der Waals surface area contributed by atoms with E-state index in [0.29, 0.717) is 17.0 Å². The predicted octanol–water partition coefficient (Wildman–Crippen LogP) is 3.53. The molecule has 2 rings (SSSR count). The fraction of sp³-hybridized carbons (Fsp3) is 0.200. The quantitative estimate of drug-likeness (QED) is 0.766. The zero-order valence-electron chi connectivity index (χ0n) is 8.25. The molecule has 84 valence electrons. The van der Waals surface area contributed by atoms with Gasteiger partial charge in [0.1, 0.15) is 5.69 Å². The highest BCUT2D eigenvalue weighted by molar-refractivity contribution is 7.10. The third-order valence-corrected chi connectivity index (χ3v) is 2.78. The van der Waals surface area contributed by atoms with Gasteiger partial charge in [-0.2, -0.15) is 13.2 Å². The van der Waals surface area contributed by atoms with E-state index in [4.69, 9.17) is 0 Å². The second-order valence-corrected chi connectivity index (χ2v) is 4.06. The number of aromatic nitrogens is 2. The molecule has 2 aromatic rings. The van der Waals surface area contributed by atoms with Crippen LogP contribution in [0.4, 0.5) is 13.2 Å². The fourth-order valence-corrected chi connectivity index (χ4v) is 1.89. The first-order valence-electron chi connectivity index (χ1n) is 4.43. The van der Waals surface area contributed by atoms with Gasteiger partial charge in [-0.25, -0.2) is 4.98 Å². The number of halogens is 3. The molecule has 0 spiro atoms. The fourth-order valence-electron chi connectivity index (χ4n) is 1.21. The SMILES string of the molecule is Cc1cccc(-c2csc(C(F)(F)F)n2)n1. The number of nitrogens with zero attached hydrogens (tertiary/aromatic N) is 2. The van der Waals surface area contributed by atoms with E-state index in [1.54, 1.807) is 25.1 Å². The lowest BCUT2D eigenvalue weighted by Gasteiger charge is -2.00. The van der Waals surface area contributed by atoms with Gasteiger partial charge in [0, 0.05) is 11.1 Å². The summed E-state index contributed by atoms with van der Waals surface area (Å²) in [5.74, 6) is 0. The van der Waals surface area contributed by atoms with Crippen molar-refractivity contribution in [1.29, 1.82) is 0 Å². The molecule has 2 aromatic heterocycles. The van der Waals surface area contributed by atoms with Crippen LogP contribution in [0.5, 0.6) is 0 Å². The lowest BCUT2D eigenvalue weighted by atomic mass is 10.3. The van der Waals surface area contributed by atoms with Gasteiger partial charge in [-0.3, -0.25) is 4.98 Å². The molecule has 0 amide bonds. The summed E-state index contributed by atoms with van der Waals surface area (Å²) in [5, 5.41) is 0.524. The normalized spacial score (nSPS) is 11.8. The highest BCUT2D eigenvalue weighted by Crippen LogP contribution is 2.33. The molecular formula is C10H7F3N2S. The van der Waals surface area contributed by atoms with Crippen molar-refractivity contribution in [1.82, 2.24) is 9.97 Å². The lowest BCUT2D eigenvalue weighted by Crippen LogP contribution is -2.03. The van der Waals surface area contributed by atoms with Gasteiger partial charge in [-0.15, -0.1) is 11.3 Å². The Balaban J connectivity index is 2.39.